The molecule has 0 saturated carbocycles. The van der Waals surface area contributed by atoms with Crippen LogP contribution in [0.3, 0.4) is 0 Å². The van der Waals surface area contributed by atoms with Crippen LogP contribution in [0.15, 0.2) is 89.5 Å². The van der Waals surface area contributed by atoms with Crippen LogP contribution >= 0.6 is 0 Å². The third kappa shape index (κ3) is 6.31. The van der Waals surface area contributed by atoms with E-state index >= 15 is 0 Å². The van der Waals surface area contributed by atoms with Crippen LogP contribution in [-0.4, -0.2) is 51.6 Å². The molecule has 5 N–H and O–H groups in total. The highest BCUT2D eigenvalue weighted by Crippen LogP contribution is 2.47. The fourth-order valence-corrected chi connectivity index (χ4v) is 6.42. The maximum absolute atomic E-state index is 13.8. The van der Waals surface area contributed by atoms with Gasteiger partial charge < -0.3 is 25.7 Å². The number of fused-ring (bicyclic) bond motifs is 1. The van der Waals surface area contributed by atoms with E-state index in [1.54, 1.807) is 36.4 Å². The van der Waals surface area contributed by atoms with Crippen LogP contribution in [0, 0.1) is 23.6 Å². The van der Waals surface area contributed by atoms with Crippen LogP contribution in [-0.2, 0) is 9.59 Å². The summed E-state index contributed by atoms with van der Waals surface area (Å²) in [5.74, 6) is -4.43. The van der Waals surface area contributed by atoms with Crippen molar-refractivity contribution >= 4 is 35.0 Å². The highest BCUT2D eigenvalue weighted by molar-refractivity contribution is 6.22. The number of aliphatic hydroxyl groups excluding tert-OH is 3. The summed E-state index contributed by atoms with van der Waals surface area (Å²) in [5, 5.41) is 44.8. The fourth-order valence-electron chi connectivity index (χ4n) is 6.42. The van der Waals surface area contributed by atoms with Gasteiger partial charge in [-0.25, -0.2) is 4.39 Å². The number of halogens is 1. The van der Waals surface area contributed by atoms with Crippen molar-refractivity contribution in [1.82, 2.24) is 0 Å². The molecule has 2 amide bonds. The molecule has 0 bridgehead atoms. The van der Waals surface area contributed by atoms with Gasteiger partial charge in [0.2, 0.25) is 11.8 Å². The van der Waals surface area contributed by atoms with Gasteiger partial charge in [-0.2, -0.15) is 0 Å². The number of nitrogens with zero attached hydrogens (tertiary/aromatic N) is 1. The number of para-hydroxylation sites is 1. The zero-order valence-electron chi connectivity index (χ0n) is 24.5. The van der Waals surface area contributed by atoms with Gasteiger partial charge in [0.1, 0.15) is 0 Å². The van der Waals surface area contributed by atoms with Gasteiger partial charge in [0.15, 0.2) is 11.6 Å². The smallest absolute Gasteiger partial charge is 0.238 e. The number of hydrogen-bond donors (Lipinski definition) is 5. The van der Waals surface area contributed by atoms with Gasteiger partial charge in [-0.05, 0) is 90.9 Å². The maximum Gasteiger partial charge on any atom is 0.238 e. The van der Waals surface area contributed by atoms with Crippen molar-refractivity contribution in [2.24, 2.45) is 17.8 Å². The van der Waals surface area contributed by atoms with Crippen molar-refractivity contribution in [2.45, 2.75) is 38.7 Å². The average molecular weight is 601 g/mol. The molecule has 0 unspecified atom stereocenters. The van der Waals surface area contributed by atoms with E-state index < -0.39 is 54.5 Å². The van der Waals surface area contributed by atoms with Crippen molar-refractivity contribution in [2.75, 3.05) is 23.4 Å². The predicted molar refractivity (Wildman–Crippen MR) is 167 cm³/mol. The molecular weight excluding hydrogens is 563 g/mol. The number of anilines is 3. The van der Waals surface area contributed by atoms with Crippen molar-refractivity contribution in [3.8, 4) is 5.75 Å². The average Bonchev–Trinajstić information content (AvgIpc) is 3.29. The number of phenolic OH excluding ortho intramolecular Hbond substituents is 1. The van der Waals surface area contributed by atoms with Crippen molar-refractivity contribution in [1.29, 1.82) is 0 Å². The highest BCUT2D eigenvalue weighted by atomic mass is 19.1. The molecule has 1 saturated heterocycles. The molecule has 4 atom stereocenters. The lowest BCUT2D eigenvalue weighted by Crippen LogP contribution is -2.39. The summed E-state index contributed by atoms with van der Waals surface area (Å²) < 4.78 is 13.8. The zero-order chi connectivity index (χ0) is 31.4. The molecule has 1 heterocycles. The number of benzene rings is 3. The van der Waals surface area contributed by atoms with Gasteiger partial charge in [0.05, 0.1) is 36.8 Å². The van der Waals surface area contributed by atoms with Gasteiger partial charge >= 0.3 is 0 Å². The van der Waals surface area contributed by atoms with Crippen LogP contribution in [0.2, 0.25) is 0 Å². The maximum atomic E-state index is 13.8. The number of aliphatic hydroxyl groups is 3. The first-order valence-electron chi connectivity index (χ1n) is 14.8. The van der Waals surface area contributed by atoms with E-state index in [4.69, 9.17) is 0 Å². The number of aromatic hydroxyl groups is 1. The number of phenols is 1. The fraction of sp³-hybridized carbons (Fsp3) is 0.314. The molecule has 8 nitrogen and oxygen atoms in total. The SMILES string of the molecule is CC/C(=C\c1ccc(O)c(F)c1)CC[C@@H](O)C1=C(CO)C[C@H]2C(=O)N(c3ccc(Nc4ccccc4)cc3)C(=O)[C@H]2[C@H]1CO. The lowest BCUT2D eigenvalue weighted by molar-refractivity contribution is -0.123. The largest absolute Gasteiger partial charge is 0.505 e. The van der Waals surface area contributed by atoms with E-state index in [0.29, 0.717) is 35.2 Å². The van der Waals surface area contributed by atoms with Gasteiger partial charge in [-0.3, -0.25) is 14.5 Å². The lowest BCUT2D eigenvalue weighted by Gasteiger charge is -2.36. The van der Waals surface area contributed by atoms with Crippen molar-refractivity contribution in [3.63, 3.8) is 0 Å². The Kier molecular flexibility index (Phi) is 9.58. The summed E-state index contributed by atoms with van der Waals surface area (Å²) in [6, 6.07) is 20.7. The Morgan fingerprint density at radius 1 is 1.02 bits per heavy atom. The molecule has 3 aromatic rings. The summed E-state index contributed by atoms with van der Waals surface area (Å²) in [4.78, 5) is 28.5. The second-order valence-corrected chi connectivity index (χ2v) is 11.3. The summed E-state index contributed by atoms with van der Waals surface area (Å²) in [7, 11) is 0. The minimum absolute atomic E-state index is 0.113. The topological polar surface area (TPSA) is 130 Å². The molecule has 44 heavy (non-hydrogen) atoms. The van der Waals surface area contributed by atoms with E-state index in [1.165, 1.54) is 12.1 Å². The first kappa shape index (κ1) is 31.1. The van der Waals surface area contributed by atoms with Gasteiger partial charge in [0.25, 0.3) is 0 Å². The molecule has 3 aromatic carbocycles. The molecular formula is C35H37FN2O6. The molecule has 0 radical (unpaired) electrons. The number of rotatable bonds is 11. The van der Waals surface area contributed by atoms with E-state index in [1.807, 2.05) is 37.3 Å². The molecule has 9 heteroatoms. The second kappa shape index (κ2) is 13.5. The molecule has 0 aromatic heterocycles. The Bertz CT molecular complexity index is 1570. The normalized spacial score (nSPS) is 21.1. The standard InChI is InChI=1S/C35H37FN2O6/c1-2-21(16-22-9-14-30(41)29(36)17-22)8-15-31(42)32-23(19-39)18-27-33(28(32)20-40)35(44)38(34(27)43)26-12-10-25(11-13-26)37-24-6-4-3-5-7-24/h3-7,9-14,16-17,27-28,31,33,37,39-42H,2,8,15,18-20H2,1H3/b21-16+/t27-,28+,31-,33-/m1/s1. The Balaban J connectivity index is 1.33. The van der Waals surface area contributed by atoms with Crippen LogP contribution < -0.4 is 10.2 Å². The summed E-state index contributed by atoms with van der Waals surface area (Å²) in [6.07, 6.45) is 2.17. The second-order valence-electron chi connectivity index (χ2n) is 11.3. The molecule has 0 spiro atoms. The van der Waals surface area contributed by atoms with E-state index in [2.05, 4.69) is 5.32 Å². The van der Waals surface area contributed by atoms with Gasteiger partial charge in [-0.15, -0.1) is 0 Å². The quantitative estimate of drug-likeness (QED) is 0.149. The zero-order valence-corrected chi connectivity index (χ0v) is 24.5. The van der Waals surface area contributed by atoms with Crippen LogP contribution in [0.4, 0.5) is 21.5 Å². The molecule has 1 fully saturated rings. The van der Waals surface area contributed by atoms with Crippen LogP contribution in [0.1, 0.15) is 38.2 Å². The number of allylic oxidation sites excluding steroid dienone is 1. The summed E-state index contributed by atoms with van der Waals surface area (Å²) in [5.41, 5.74) is 4.48. The molecule has 2 aliphatic rings. The number of carbonyl (C=O) groups excluding carboxylic acids is 2. The highest BCUT2D eigenvalue weighted by Gasteiger charge is 2.55. The first-order valence-corrected chi connectivity index (χ1v) is 14.8. The monoisotopic (exact) mass is 600 g/mol. The Morgan fingerprint density at radius 3 is 2.36 bits per heavy atom. The third-order valence-corrected chi connectivity index (χ3v) is 8.65. The lowest BCUT2D eigenvalue weighted by atomic mass is 9.68. The number of amides is 2. The molecule has 1 aliphatic carbocycles. The minimum atomic E-state index is -1.07. The van der Waals surface area contributed by atoms with E-state index in [0.717, 1.165) is 21.8 Å². The number of hydrogen-bond acceptors (Lipinski definition) is 7. The van der Waals surface area contributed by atoms with E-state index in [9.17, 15) is 34.4 Å². The Labute approximate surface area is 255 Å². The minimum Gasteiger partial charge on any atom is -0.505 e. The summed E-state index contributed by atoms with van der Waals surface area (Å²) in [6.45, 7) is 1.07. The van der Waals surface area contributed by atoms with Crippen LogP contribution in [0.5, 0.6) is 5.75 Å². The first-order chi connectivity index (χ1) is 21.2. The van der Waals surface area contributed by atoms with Crippen molar-refractivity contribution in [3.05, 3.63) is 101 Å². The number of imide groups is 1. The Hall–Kier alpha value is -4.31. The van der Waals surface area contributed by atoms with Crippen molar-refractivity contribution < 1.29 is 34.4 Å². The van der Waals surface area contributed by atoms with Crippen LogP contribution in [0.25, 0.3) is 6.08 Å². The summed E-state index contributed by atoms with van der Waals surface area (Å²) >= 11 is 0. The number of nitrogens with one attached hydrogen (secondary N) is 1. The predicted octanol–water partition coefficient (Wildman–Crippen LogP) is 5.32. The molecule has 5 rings (SSSR count). The van der Waals surface area contributed by atoms with Gasteiger partial charge in [-0.1, -0.05) is 42.8 Å². The molecule has 1 aliphatic heterocycles. The third-order valence-electron chi connectivity index (χ3n) is 8.65. The number of carbonyl (C=O) groups is 2. The Morgan fingerprint density at radius 2 is 1.73 bits per heavy atom. The van der Waals surface area contributed by atoms with E-state index in [-0.39, 0.29) is 18.7 Å². The molecule has 230 valence electrons. The van der Waals surface area contributed by atoms with Gasteiger partial charge in [0, 0.05) is 17.3 Å².